The first kappa shape index (κ1) is 29.2. The minimum atomic E-state index is -5.86. The molecule has 40 heavy (non-hydrogen) atoms. The van der Waals surface area contributed by atoms with Gasteiger partial charge in [0.15, 0.2) is 0 Å². The number of benzene rings is 3. The van der Waals surface area contributed by atoms with Gasteiger partial charge in [0.1, 0.15) is 58.7 Å². The lowest BCUT2D eigenvalue weighted by Crippen LogP contribution is -2.36. The Morgan fingerprint density at radius 1 is 0.475 bits per heavy atom. The van der Waals surface area contributed by atoms with Gasteiger partial charge < -0.3 is 0 Å². The number of alkyl halides is 6. The van der Waals surface area contributed by atoms with Crippen LogP contribution in [0.4, 0.5) is 43.9 Å². The molecule has 0 bridgehead atoms. The van der Waals surface area contributed by atoms with Crippen LogP contribution in [0.15, 0.2) is 36.4 Å². The Kier molecular flexibility index (Phi) is 7.62. The van der Waals surface area contributed by atoms with Gasteiger partial charge in [-0.05, 0) is 35.4 Å². The zero-order valence-corrected chi connectivity index (χ0v) is 19.0. The van der Waals surface area contributed by atoms with Crippen molar-refractivity contribution < 1.29 is 43.9 Å². The summed E-state index contributed by atoms with van der Waals surface area (Å²) in [5, 5.41) is 34.0. The number of halogens is 10. The second-order valence-corrected chi connectivity index (χ2v) is 7.76. The molecule has 0 saturated carbocycles. The summed E-state index contributed by atoms with van der Waals surface area (Å²) in [5.41, 5.74) is -14.0. The molecule has 0 amide bonds. The summed E-state index contributed by atoms with van der Waals surface area (Å²) in [6.45, 7) is 0. The van der Waals surface area contributed by atoms with Gasteiger partial charge in [0, 0.05) is 33.7 Å². The summed E-state index contributed by atoms with van der Waals surface area (Å²) in [6.07, 6.45) is -11.7. The molecule has 0 fully saturated rings. The zero-order valence-electron chi connectivity index (χ0n) is 19.0. The van der Waals surface area contributed by atoms with Crippen LogP contribution in [0.2, 0.25) is 0 Å². The Labute approximate surface area is 216 Å². The summed E-state index contributed by atoms with van der Waals surface area (Å²) in [7, 11) is 0. The molecule has 0 heterocycles. The molecule has 4 nitrogen and oxygen atoms in total. The fourth-order valence-electron chi connectivity index (χ4n) is 4.06. The normalized spacial score (nSPS) is 11.2. The highest BCUT2D eigenvalue weighted by atomic mass is 19.4. The maximum Gasteiger partial charge on any atom is 0.417 e. The van der Waals surface area contributed by atoms with Crippen LogP contribution < -0.4 is 10.4 Å². The molecule has 0 aliphatic heterocycles. The van der Waals surface area contributed by atoms with E-state index in [2.05, 4.69) is 0 Å². The van der Waals surface area contributed by atoms with Gasteiger partial charge in [-0.3, -0.25) is 0 Å². The number of hydrogen-bond acceptors (Lipinski definition) is 4. The highest BCUT2D eigenvalue weighted by Crippen LogP contribution is 2.41. The van der Waals surface area contributed by atoms with Gasteiger partial charge in [-0.15, -0.1) is 0 Å². The van der Waals surface area contributed by atoms with Crippen molar-refractivity contribution in [2.24, 2.45) is 0 Å². The van der Waals surface area contributed by atoms with Gasteiger partial charge in [0.25, 0.3) is 0 Å². The fraction of sp³-hybridized carbons (Fsp3) is 0.0769. The topological polar surface area (TPSA) is 95.2 Å². The van der Waals surface area contributed by atoms with Gasteiger partial charge in [-0.25, -0.2) is 17.6 Å². The Morgan fingerprint density at radius 2 is 0.725 bits per heavy atom. The number of nitrogens with zero attached hydrogens (tertiary/aromatic N) is 4. The molecule has 0 unspecified atom stereocenters. The SMILES string of the molecule is N#CC(C#N)=c1c(-c2cc(F)cc(F)c2)c(C(F)(F)F)c(=C(C#N)C#N)c(-c2cc(F)cc(F)c2)c1C(F)(F)F. The molecule has 0 N–H and O–H groups in total. The third-order valence-corrected chi connectivity index (χ3v) is 5.32. The van der Waals surface area contributed by atoms with Crippen LogP contribution in [-0.2, 0) is 12.4 Å². The van der Waals surface area contributed by atoms with E-state index in [1.54, 1.807) is 0 Å². The van der Waals surface area contributed by atoms with Crippen LogP contribution >= 0.6 is 0 Å². The Balaban J connectivity index is 3.12. The van der Waals surface area contributed by atoms with Crippen LogP contribution in [0.3, 0.4) is 0 Å². The molecule has 0 spiro atoms. The van der Waals surface area contributed by atoms with E-state index in [4.69, 9.17) is 0 Å². The minimum Gasteiger partial charge on any atom is -0.207 e. The molecule has 3 aromatic carbocycles. The van der Waals surface area contributed by atoms with Crippen molar-refractivity contribution in [3.63, 3.8) is 0 Å². The van der Waals surface area contributed by atoms with E-state index in [9.17, 15) is 65.0 Å². The van der Waals surface area contributed by atoms with Crippen molar-refractivity contribution in [3.8, 4) is 46.5 Å². The van der Waals surface area contributed by atoms with E-state index in [1.165, 1.54) is 0 Å². The van der Waals surface area contributed by atoms with E-state index in [1.807, 2.05) is 0 Å². The first-order valence-electron chi connectivity index (χ1n) is 10.2. The van der Waals surface area contributed by atoms with Crippen LogP contribution in [0.5, 0.6) is 0 Å². The lowest BCUT2D eigenvalue weighted by molar-refractivity contribution is -0.141. The molecule has 0 saturated heterocycles. The summed E-state index contributed by atoms with van der Waals surface area (Å²) in [4.78, 5) is 0. The van der Waals surface area contributed by atoms with Crippen LogP contribution in [0.1, 0.15) is 11.1 Å². The Morgan fingerprint density at radius 3 is 0.925 bits per heavy atom. The van der Waals surface area contributed by atoms with E-state index >= 15 is 0 Å². The molecule has 0 aliphatic carbocycles. The lowest BCUT2D eigenvalue weighted by Gasteiger charge is -2.23. The largest absolute Gasteiger partial charge is 0.417 e. The van der Waals surface area contributed by atoms with Gasteiger partial charge in [-0.1, -0.05) is 0 Å². The predicted octanol–water partition coefficient (Wildman–Crippen LogP) is 6.01. The summed E-state index contributed by atoms with van der Waals surface area (Å²) >= 11 is 0. The third kappa shape index (κ3) is 5.29. The second kappa shape index (κ2) is 10.4. The van der Waals surface area contributed by atoms with Crippen molar-refractivity contribution in [1.82, 2.24) is 0 Å². The number of hydrogen-bond donors (Lipinski definition) is 0. The molecule has 0 atom stereocenters. The number of rotatable bonds is 2. The van der Waals surface area contributed by atoms with Gasteiger partial charge in [0.2, 0.25) is 0 Å². The van der Waals surface area contributed by atoms with Crippen molar-refractivity contribution in [2.75, 3.05) is 0 Å². The molecule has 14 heteroatoms. The smallest absolute Gasteiger partial charge is 0.207 e. The van der Waals surface area contributed by atoms with Gasteiger partial charge in [0.05, 0.1) is 11.1 Å². The van der Waals surface area contributed by atoms with Crippen LogP contribution in [0.25, 0.3) is 33.4 Å². The molecular formula is C26H6F10N4. The maximum absolute atomic E-state index is 14.7. The highest BCUT2D eigenvalue weighted by molar-refractivity contribution is 5.90. The molecule has 0 aromatic heterocycles. The number of nitriles is 4. The van der Waals surface area contributed by atoms with Gasteiger partial charge in [-0.2, -0.15) is 47.4 Å². The summed E-state index contributed by atoms with van der Waals surface area (Å²) in [5.74, 6) is -6.33. The summed E-state index contributed by atoms with van der Waals surface area (Å²) < 4.78 is 145. The first-order chi connectivity index (χ1) is 18.6. The second-order valence-electron chi connectivity index (χ2n) is 7.76. The third-order valence-electron chi connectivity index (χ3n) is 5.32. The Bertz CT molecular complexity index is 1650. The highest BCUT2D eigenvalue weighted by Gasteiger charge is 2.45. The average Bonchev–Trinajstić information content (AvgIpc) is 2.82. The van der Waals surface area contributed by atoms with E-state index < -0.39 is 90.6 Å². The van der Waals surface area contributed by atoms with E-state index in [-0.39, 0.29) is 36.4 Å². The molecule has 200 valence electrons. The summed E-state index contributed by atoms with van der Waals surface area (Å²) in [6, 6.07) is 4.93. The molecule has 3 aromatic rings. The Hall–Kier alpha value is -5.34. The quantitative estimate of drug-likeness (QED) is 0.357. The lowest BCUT2D eigenvalue weighted by atomic mass is 9.82. The van der Waals surface area contributed by atoms with E-state index in [0.29, 0.717) is 0 Å². The molecule has 3 rings (SSSR count). The van der Waals surface area contributed by atoms with Crippen molar-refractivity contribution in [1.29, 1.82) is 21.0 Å². The standard InChI is InChI=1S/C26H6F10N4/c27-15-1-11(2-16(28)5-15)19-21(13(7-37)8-38)24(26(34,35)36)20(12-3-17(29)6-18(30)4-12)22(14(9-39)10-40)23(19)25(31,32)33/h1-6H. The monoisotopic (exact) mass is 564 g/mol. The van der Waals surface area contributed by atoms with Crippen LogP contribution in [-0.4, -0.2) is 0 Å². The fourth-order valence-corrected chi connectivity index (χ4v) is 4.06. The van der Waals surface area contributed by atoms with Gasteiger partial charge >= 0.3 is 12.4 Å². The van der Waals surface area contributed by atoms with Crippen molar-refractivity contribution in [2.45, 2.75) is 12.4 Å². The first-order valence-corrected chi connectivity index (χ1v) is 10.2. The van der Waals surface area contributed by atoms with Crippen molar-refractivity contribution in [3.05, 3.63) is 81.2 Å². The van der Waals surface area contributed by atoms with E-state index in [0.717, 1.165) is 24.3 Å². The molecule has 0 aliphatic rings. The zero-order chi connectivity index (χ0) is 30.2. The molecular weight excluding hydrogens is 558 g/mol. The predicted molar refractivity (Wildman–Crippen MR) is 116 cm³/mol. The van der Waals surface area contributed by atoms with Crippen molar-refractivity contribution >= 4 is 11.1 Å². The molecule has 0 radical (unpaired) electrons. The average molecular weight is 564 g/mol. The van der Waals surface area contributed by atoms with Crippen LogP contribution in [0, 0.1) is 68.6 Å². The minimum absolute atomic E-state index is 0.160. The maximum atomic E-state index is 14.7.